The smallest absolute Gasteiger partial charge is 0.405 e. The van der Waals surface area contributed by atoms with E-state index >= 15 is 0 Å². The van der Waals surface area contributed by atoms with Crippen molar-refractivity contribution in [3.05, 3.63) is 57.5 Å². The number of aromatic amines is 1. The fraction of sp³-hybridized carbons (Fsp3) is 0.263. The number of carbonyl (C=O) groups is 1. The minimum Gasteiger partial charge on any atom is -0.405 e. The van der Waals surface area contributed by atoms with E-state index in [-0.39, 0.29) is 28.2 Å². The Morgan fingerprint density at radius 3 is 2.64 bits per heavy atom. The van der Waals surface area contributed by atoms with Gasteiger partial charge in [-0.25, -0.2) is 0 Å². The number of ketones is 1. The van der Waals surface area contributed by atoms with E-state index in [1.165, 1.54) is 31.3 Å². The van der Waals surface area contributed by atoms with E-state index < -0.39 is 29.5 Å². The number of benzene rings is 1. The maximum Gasteiger partial charge on any atom is 0.573 e. The number of nitriles is 1. The molecule has 9 heteroatoms. The lowest BCUT2D eigenvalue weighted by molar-refractivity contribution is -0.274. The zero-order valence-corrected chi connectivity index (χ0v) is 14.8. The molecule has 1 aliphatic heterocycles. The summed E-state index contributed by atoms with van der Waals surface area (Å²) in [6.07, 6.45) is -3.65. The first kappa shape index (κ1) is 19.4. The number of ether oxygens (including phenoxy) is 1. The number of aliphatic imine (C=N–C) groups is 1. The minimum atomic E-state index is -5.02. The molecule has 2 unspecified atom stereocenters. The predicted octanol–water partition coefficient (Wildman–Crippen LogP) is 3.59. The van der Waals surface area contributed by atoms with E-state index in [9.17, 15) is 22.8 Å². The van der Waals surface area contributed by atoms with Crippen LogP contribution in [0.3, 0.4) is 0 Å². The average Bonchev–Trinajstić information content (AvgIpc) is 2.59. The van der Waals surface area contributed by atoms with Crippen molar-refractivity contribution >= 4 is 17.2 Å². The summed E-state index contributed by atoms with van der Waals surface area (Å²) in [5.74, 6) is -2.98. The maximum atomic E-state index is 13.0. The number of fused-ring (bicyclic) bond motifs is 1. The van der Waals surface area contributed by atoms with E-state index in [1.54, 1.807) is 13.0 Å². The number of alkyl halides is 3. The highest BCUT2D eigenvalue weighted by atomic mass is 19.4. The van der Waals surface area contributed by atoms with Crippen molar-refractivity contribution in [2.45, 2.75) is 26.1 Å². The third-order valence-corrected chi connectivity index (χ3v) is 4.51. The van der Waals surface area contributed by atoms with Crippen LogP contribution in [-0.2, 0) is 4.79 Å². The Bertz CT molecular complexity index is 1080. The lowest BCUT2D eigenvalue weighted by atomic mass is 9.74. The second kappa shape index (κ2) is 6.96. The Balaban J connectivity index is 2.32. The van der Waals surface area contributed by atoms with Crippen molar-refractivity contribution in [3.63, 3.8) is 0 Å². The molecule has 0 amide bonds. The predicted molar refractivity (Wildman–Crippen MR) is 93.7 cm³/mol. The van der Waals surface area contributed by atoms with E-state index in [4.69, 9.17) is 5.26 Å². The molecular weight excluding hydrogens is 375 g/mol. The Labute approximate surface area is 157 Å². The fourth-order valence-electron chi connectivity index (χ4n) is 3.48. The van der Waals surface area contributed by atoms with Gasteiger partial charge in [-0.05, 0) is 32.0 Å². The SMILES string of the molecule is CC(=O)C1C(C)=Nc2cc[nH]c(=O)c2C1c1ccc(C#N)cc1OC(F)(F)F. The molecule has 6 nitrogen and oxygen atoms in total. The van der Waals surface area contributed by atoms with Gasteiger partial charge in [0, 0.05) is 23.4 Å². The van der Waals surface area contributed by atoms with Gasteiger partial charge in [0.1, 0.15) is 11.5 Å². The van der Waals surface area contributed by atoms with E-state index in [0.717, 1.165) is 6.07 Å². The van der Waals surface area contributed by atoms with Crippen LogP contribution in [0.2, 0.25) is 0 Å². The summed E-state index contributed by atoms with van der Waals surface area (Å²) in [5, 5.41) is 9.03. The highest BCUT2D eigenvalue weighted by Crippen LogP contribution is 2.44. The van der Waals surface area contributed by atoms with Crippen LogP contribution in [0, 0.1) is 17.2 Å². The second-order valence-corrected chi connectivity index (χ2v) is 6.34. The standard InChI is InChI=1S/C19H14F3N3O3/c1-9-15(10(2)26)16(17-13(25-9)5-6-24-18(17)27)12-4-3-11(8-23)7-14(12)28-19(20,21)22/h3-7,15-16H,1-2H3,(H,24,27). The van der Waals surface area contributed by atoms with Gasteiger partial charge in [0.15, 0.2) is 0 Å². The van der Waals surface area contributed by atoms with Crippen LogP contribution in [0.1, 0.15) is 36.5 Å². The Morgan fingerprint density at radius 2 is 2.04 bits per heavy atom. The summed E-state index contributed by atoms with van der Waals surface area (Å²) in [7, 11) is 0. The molecule has 0 aliphatic carbocycles. The summed E-state index contributed by atoms with van der Waals surface area (Å²) in [6, 6.07) is 6.79. The average molecular weight is 389 g/mol. The summed E-state index contributed by atoms with van der Waals surface area (Å²) < 4.78 is 43.0. The first-order valence-electron chi connectivity index (χ1n) is 8.19. The molecule has 144 valence electrons. The second-order valence-electron chi connectivity index (χ2n) is 6.34. The van der Waals surface area contributed by atoms with Gasteiger partial charge in [-0.15, -0.1) is 13.2 Å². The van der Waals surface area contributed by atoms with Gasteiger partial charge in [-0.2, -0.15) is 5.26 Å². The van der Waals surface area contributed by atoms with Crippen molar-refractivity contribution in [2.75, 3.05) is 0 Å². The zero-order chi connectivity index (χ0) is 20.6. The molecule has 1 aliphatic rings. The number of nitrogens with one attached hydrogen (secondary N) is 1. The Morgan fingerprint density at radius 1 is 1.32 bits per heavy atom. The van der Waals surface area contributed by atoms with Crippen LogP contribution >= 0.6 is 0 Å². The number of halogens is 3. The van der Waals surface area contributed by atoms with Crippen LogP contribution in [-0.4, -0.2) is 22.8 Å². The molecule has 1 N–H and O–H groups in total. The molecule has 28 heavy (non-hydrogen) atoms. The van der Waals surface area contributed by atoms with E-state index in [2.05, 4.69) is 14.7 Å². The maximum absolute atomic E-state index is 13.0. The van der Waals surface area contributed by atoms with Gasteiger partial charge >= 0.3 is 6.36 Å². The number of pyridine rings is 1. The van der Waals surface area contributed by atoms with Crippen LogP contribution in [0.15, 0.2) is 40.2 Å². The van der Waals surface area contributed by atoms with Gasteiger partial charge in [0.25, 0.3) is 5.56 Å². The number of H-pyrrole nitrogens is 1. The van der Waals surface area contributed by atoms with Crippen molar-refractivity contribution in [1.82, 2.24) is 4.98 Å². The van der Waals surface area contributed by atoms with Gasteiger partial charge in [0.05, 0.1) is 28.8 Å². The Kier molecular flexibility index (Phi) is 4.81. The molecule has 0 spiro atoms. The molecule has 2 aromatic rings. The molecule has 3 rings (SSSR count). The molecule has 1 aromatic heterocycles. The number of rotatable bonds is 3. The molecule has 2 heterocycles. The summed E-state index contributed by atoms with van der Waals surface area (Å²) in [4.78, 5) is 31.6. The van der Waals surface area contributed by atoms with Crippen molar-refractivity contribution in [1.29, 1.82) is 5.26 Å². The molecular formula is C19H14F3N3O3. The van der Waals surface area contributed by atoms with Gasteiger partial charge in [0.2, 0.25) is 0 Å². The number of Topliss-reactive ketones (excluding diaryl/α,β-unsaturated/α-hetero) is 1. The third-order valence-electron chi connectivity index (χ3n) is 4.51. The number of hydrogen-bond acceptors (Lipinski definition) is 5. The largest absolute Gasteiger partial charge is 0.573 e. The van der Waals surface area contributed by atoms with Gasteiger partial charge < -0.3 is 9.72 Å². The first-order chi connectivity index (χ1) is 13.1. The summed E-state index contributed by atoms with van der Waals surface area (Å²) in [5.41, 5.74) is 0.0795. The zero-order valence-electron chi connectivity index (χ0n) is 14.8. The molecule has 0 saturated carbocycles. The first-order valence-corrected chi connectivity index (χ1v) is 8.19. The normalized spacial score (nSPS) is 18.6. The van der Waals surface area contributed by atoms with Crippen LogP contribution in [0.4, 0.5) is 18.9 Å². The number of carbonyl (C=O) groups excluding carboxylic acids is 1. The van der Waals surface area contributed by atoms with Gasteiger partial charge in [-0.3, -0.25) is 14.6 Å². The van der Waals surface area contributed by atoms with Crippen molar-refractivity contribution in [2.24, 2.45) is 10.9 Å². The summed E-state index contributed by atoms with van der Waals surface area (Å²) in [6.45, 7) is 2.86. The molecule has 0 bridgehead atoms. The molecule has 0 radical (unpaired) electrons. The van der Waals surface area contributed by atoms with E-state index in [1.807, 2.05) is 0 Å². The summed E-state index contributed by atoms with van der Waals surface area (Å²) >= 11 is 0. The van der Waals surface area contributed by atoms with Crippen LogP contribution in [0.25, 0.3) is 0 Å². The topological polar surface area (TPSA) is 95.3 Å². The third kappa shape index (κ3) is 3.53. The van der Waals surface area contributed by atoms with Crippen LogP contribution < -0.4 is 10.3 Å². The fourth-order valence-corrected chi connectivity index (χ4v) is 3.48. The monoisotopic (exact) mass is 389 g/mol. The number of aromatic nitrogens is 1. The quantitative estimate of drug-likeness (QED) is 0.868. The minimum absolute atomic E-state index is 0.0243. The Hall–Kier alpha value is -3.41. The number of hydrogen-bond donors (Lipinski definition) is 1. The highest BCUT2D eigenvalue weighted by Gasteiger charge is 2.41. The van der Waals surface area contributed by atoms with Crippen LogP contribution in [0.5, 0.6) is 5.75 Å². The lowest BCUT2D eigenvalue weighted by Crippen LogP contribution is -2.34. The highest BCUT2D eigenvalue weighted by molar-refractivity contribution is 6.07. The molecule has 1 aromatic carbocycles. The molecule has 2 atom stereocenters. The van der Waals surface area contributed by atoms with Crippen molar-refractivity contribution in [3.8, 4) is 11.8 Å². The van der Waals surface area contributed by atoms with Gasteiger partial charge in [-0.1, -0.05) is 6.07 Å². The molecule has 0 saturated heterocycles. The molecule has 0 fully saturated rings. The number of nitrogens with zero attached hydrogens (tertiary/aromatic N) is 2. The van der Waals surface area contributed by atoms with Crippen molar-refractivity contribution < 1.29 is 22.7 Å². The van der Waals surface area contributed by atoms with E-state index in [0.29, 0.717) is 5.71 Å². The lowest BCUT2D eigenvalue weighted by Gasteiger charge is -2.31.